The fraction of sp³-hybridized carbons (Fsp3) is 0.208. The fourth-order valence-electron chi connectivity index (χ4n) is 4.29. The van der Waals surface area contributed by atoms with Crippen LogP contribution in [0.5, 0.6) is 0 Å². The van der Waals surface area contributed by atoms with E-state index in [1.807, 2.05) is 29.9 Å². The van der Waals surface area contributed by atoms with E-state index in [0.29, 0.717) is 12.1 Å². The van der Waals surface area contributed by atoms with Crippen molar-refractivity contribution in [3.05, 3.63) is 94.4 Å². The first-order valence-electron chi connectivity index (χ1n) is 10.3. The second kappa shape index (κ2) is 7.85. The predicted octanol–water partition coefficient (Wildman–Crippen LogP) is 3.14. The maximum atomic E-state index is 11.6. The van der Waals surface area contributed by atoms with Gasteiger partial charge in [-0.05, 0) is 36.1 Å². The zero-order chi connectivity index (χ0) is 21.4. The highest BCUT2D eigenvalue weighted by molar-refractivity contribution is 5.93. The van der Waals surface area contributed by atoms with Gasteiger partial charge < -0.3 is 0 Å². The molecule has 1 aliphatic carbocycles. The topological polar surface area (TPSA) is 85.0 Å². The summed E-state index contributed by atoms with van der Waals surface area (Å²) < 4.78 is 3.95. The molecule has 0 radical (unpaired) electrons. The number of nitrogens with zero attached hydrogens (tertiary/aromatic N) is 4. The number of fused-ring (bicyclic) bond motifs is 3. The summed E-state index contributed by atoms with van der Waals surface area (Å²) in [6.45, 7) is 0.603. The minimum absolute atomic E-state index is 0.413. The standard InChI is InChI=1S/C24H23N5O2/c1-28-15-20-21(25-28)12-11-19-22(13-16-5-3-2-4-6-16)29(26-23(19)20)14-17-7-9-18(10-8-17)24(30)27-31/h2-10,15,31H,11-14H2,1H3,(H,27,30). The lowest BCUT2D eigenvalue weighted by Crippen LogP contribution is -2.18. The minimum atomic E-state index is -0.519. The maximum Gasteiger partial charge on any atom is 0.274 e. The molecular weight excluding hydrogens is 390 g/mol. The number of carbonyl (C=O) groups is 1. The van der Waals surface area contributed by atoms with Gasteiger partial charge in [0.2, 0.25) is 0 Å². The van der Waals surface area contributed by atoms with Gasteiger partial charge in [0.25, 0.3) is 5.91 Å². The van der Waals surface area contributed by atoms with Gasteiger partial charge >= 0.3 is 0 Å². The number of aromatic nitrogens is 4. The second-order valence-electron chi connectivity index (χ2n) is 7.89. The Balaban J connectivity index is 1.54. The molecule has 2 heterocycles. The Bertz CT molecular complexity index is 1240. The van der Waals surface area contributed by atoms with Gasteiger partial charge in [0.05, 0.1) is 17.9 Å². The van der Waals surface area contributed by atoms with Crippen LogP contribution >= 0.6 is 0 Å². The van der Waals surface area contributed by atoms with E-state index >= 15 is 0 Å². The first kappa shape index (κ1) is 19.3. The number of carbonyl (C=O) groups excluding carboxylic acids is 1. The number of hydroxylamine groups is 1. The molecule has 0 saturated heterocycles. The normalized spacial score (nSPS) is 12.3. The SMILES string of the molecule is Cn1cc2c(n1)CCc1c-2nn(Cc2ccc(C(=O)NO)cc2)c1Cc1ccccc1. The molecule has 1 amide bonds. The van der Waals surface area contributed by atoms with E-state index in [2.05, 4.69) is 40.2 Å². The van der Waals surface area contributed by atoms with Crippen LogP contribution in [0.25, 0.3) is 11.3 Å². The van der Waals surface area contributed by atoms with Crippen LogP contribution in [-0.4, -0.2) is 30.7 Å². The fourth-order valence-corrected chi connectivity index (χ4v) is 4.29. The van der Waals surface area contributed by atoms with E-state index in [1.165, 1.54) is 16.8 Å². The number of amides is 1. The molecule has 1 aliphatic rings. The lowest BCUT2D eigenvalue weighted by atomic mass is 9.92. The van der Waals surface area contributed by atoms with Crippen molar-refractivity contribution in [2.45, 2.75) is 25.8 Å². The Labute approximate surface area is 179 Å². The molecule has 0 aliphatic heterocycles. The first-order chi connectivity index (χ1) is 15.1. The van der Waals surface area contributed by atoms with Crippen LogP contribution in [0, 0.1) is 0 Å². The molecule has 2 aromatic heterocycles. The molecule has 0 spiro atoms. The Morgan fingerprint density at radius 1 is 1.03 bits per heavy atom. The molecule has 0 atom stereocenters. The first-order valence-corrected chi connectivity index (χ1v) is 10.3. The van der Waals surface area contributed by atoms with E-state index in [4.69, 9.17) is 10.3 Å². The molecule has 31 heavy (non-hydrogen) atoms. The average Bonchev–Trinajstić information content (AvgIpc) is 3.34. The van der Waals surface area contributed by atoms with Crippen molar-refractivity contribution in [1.82, 2.24) is 25.0 Å². The van der Waals surface area contributed by atoms with Crippen LogP contribution in [0.4, 0.5) is 0 Å². The Morgan fingerprint density at radius 3 is 2.55 bits per heavy atom. The molecule has 7 nitrogen and oxygen atoms in total. The molecule has 7 heteroatoms. The summed E-state index contributed by atoms with van der Waals surface area (Å²) in [5.74, 6) is -0.519. The van der Waals surface area contributed by atoms with Crippen LogP contribution in [0.3, 0.4) is 0 Å². The van der Waals surface area contributed by atoms with Crippen LogP contribution in [0.2, 0.25) is 0 Å². The van der Waals surface area contributed by atoms with Gasteiger partial charge in [-0.2, -0.15) is 10.2 Å². The van der Waals surface area contributed by atoms with Crippen LogP contribution < -0.4 is 5.48 Å². The quantitative estimate of drug-likeness (QED) is 0.389. The third kappa shape index (κ3) is 3.64. The van der Waals surface area contributed by atoms with Gasteiger partial charge in [0, 0.05) is 42.0 Å². The number of aryl methyl sites for hydroxylation is 2. The molecule has 5 rings (SSSR count). The van der Waals surface area contributed by atoms with E-state index in [9.17, 15) is 4.79 Å². The molecule has 0 saturated carbocycles. The summed E-state index contributed by atoms with van der Waals surface area (Å²) in [6, 6.07) is 17.6. The van der Waals surface area contributed by atoms with Crippen LogP contribution in [0.15, 0.2) is 60.8 Å². The Hall–Kier alpha value is -3.71. The Kier molecular flexibility index (Phi) is 4.88. The van der Waals surface area contributed by atoms with Gasteiger partial charge in [0.1, 0.15) is 0 Å². The summed E-state index contributed by atoms with van der Waals surface area (Å²) in [5, 5.41) is 18.4. The lowest BCUT2D eigenvalue weighted by molar-refractivity contribution is 0.0706. The van der Waals surface area contributed by atoms with Crippen molar-refractivity contribution in [3.63, 3.8) is 0 Å². The zero-order valence-corrected chi connectivity index (χ0v) is 17.2. The van der Waals surface area contributed by atoms with Crippen molar-refractivity contribution in [2.75, 3.05) is 0 Å². The summed E-state index contributed by atoms with van der Waals surface area (Å²) in [7, 11) is 1.95. The molecule has 0 unspecified atom stereocenters. The monoisotopic (exact) mass is 413 g/mol. The Morgan fingerprint density at radius 2 is 1.81 bits per heavy atom. The third-order valence-corrected chi connectivity index (χ3v) is 5.80. The maximum absolute atomic E-state index is 11.6. The van der Waals surface area contributed by atoms with Crippen LogP contribution in [-0.2, 0) is 32.9 Å². The lowest BCUT2D eigenvalue weighted by Gasteiger charge is -2.13. The molecule has 156 valence electrons. The molecule has 2 N–H and O–H groups in total. The highest BCUT2D eigenvalue weighted by Crippen LogP contribution is 2.35. The van der Waals surface area contributed by atoms with Gasteiger partial charge in [-0.25, -0.2) is 5.48 Å². The third-order valence-electron chi connectivity index (χ3n) is 5.80. The predicted molar refractivity (Wildman–Crippen MR) is 116 cm³/mol. The summed E-state index contributed by atoms with van der Waals surface area (Å²) >= 11 is 0. The molecule has 0 fully saturated rings. The molecule has 0 bridgehead atoms. The smallest absolute Gasteiger partial charge is 0.274 e. The summed E-state index contributed by atoms with van der Waals surface area (Å²) in [4.78, 5) is 11.6. The average molecular weight is 413 g/mol. The van der Waals surface area contributed by atoms with E-state index in [0.717, 1.165) is 41.8 Å². The summed E-state index contributed by atoms with van der Waals surface area (Å²) in [5.41, 5.74) is 10.1. The van der Waals surface area contributed by atoms with Crippen LogP contribution in [0.1, 0.15) is 38.4 Å². The number of benzene rings is 2. The number of hydrogen-bond acceptors (Lipinski definition) is 4. The van der Waals surface area contributed by atoms with Crippen molar-refractivity contribution in [3.8, 4) is 11.3 Å². The van der Waals surface area contributed by atoms with Crippen molar-refractivity contribution >= 4 is 5.91 Å². The van der Waals surface area contributed by atoms with Crippen molar-refractivity contribution < 1.29 is 10.0 Å². The number of nitrogens with one attached hydrogen (secondary N) is 1. The molecular formula is C24H23N5O2. The van der Waals surface area contributed by atoms with Crippen molar-refractivity contribution in [1.29, 1.82) is 0 Å². The van der Waals surface area contributed by atoms with Gasteiger partial charge in [-0.15, -0.1) is 0 Å². The van der Waals surface area contributed by atoms with Gasteiger partial charge in [0.15, 0.2) is 0 Å². The minimum Gasteiger partial charge on any atom is -0.288 e. The second-order valence-corrected chi connectivity index (χ2v) is 7.89. The summed E-state index contributed by atoms with van der Waals surface area (Å²) in [6.07, 6.45) is 4.71. The van der Waals surface area contributed by atoms with Gasteiger partial charge in [-0.3, -0.25) is 19.4 Å². The highest BCUT2D eigenvalue weighted by atomic mass is 16.5. The van der Waals surface area contributed by atoms with E-state index < -0.39 is 5.91 Å². The zero-order valence-electron chi connectivity index (χ0n) is 17.2. The highest BCUT2D eigenvalue weighted by Gasteiger charge is 2.27. The number of hydrogen-bond donors (Lipinski definition) is 2. The van der Waals surface area contributed by atoms with E-state index in [-0.39, 0.29) is 0 Å². The largest absolute Gasteiger partial charge is 0.288 e. The molecule has 4 aromatic rings. The van der Waals surface area contributed by atoms with E-state index in [1.54, 1.807) is 17.6 Å². The molecule has 2 aromatic carbocycles. The number of rotatable bonds is 5. The van der Waals surface area contributed by atoms with Crippen molar-refractivity contribution in [2.24, 2.45) is 7.05 Å². The van der Waals surface area contributed by atoms with Gasteiger partial charge in [-0.1, -0.05) is 42.5 Å².